The van der Waals surface area contributed by atoms with Crippen LogP contribution in [0.2, 0.25) is 0 Å². The van der Waals surface area contributed by atoms with E-state index in [1.807, 2.05) is 24.3 Å². The summed E-state index contributed by atoms with van der Waals surface area (Å²) in [5, 5.41) is 11.1. The first-order valence-electron chi connectivity index (χ1n) is 5.62. The number of aliphatic hydroxyl groups excluding tert-OH is 1. The molecule has 2 heteroatoms. The average molecular weight is 216 g/mol. The van der Waals surface area contributed by atoms with Crippen molar-refractivity contribution in [1.82, 2.24) is 0 Å². The smallest absolute Gasteiger partial charge is 0.119 e. The molecule has 0 bridgehead atoms. The molecule has 2 aromatic carbocycles. The fourth-order valence-electron chi connectivity index (χ4n) is 1.66. The molecule has 0 saturated carbocycles. The fraction of sp³-hybridized carbons (Fsp3) is 0.286. The number of unbranched alkanes of at least 4 members (excludes halogenated alkanes) is 1. The summed E-state index contributed by atoms with van der Waals surface area (Å²) in [5.41, 5.74) is 0. The molecule has 84 valence electrons. The number of hydrogen-bond acceptors (Lipinski definition) is 2. The van der Waals surface area contributed by atoms with Gasteiger partial charge in [0.2, 0.25) is 0 Å². The van der Waals surface area contributed by atoms with Crippen LogP contribution in [-0.4, -0.2) is 18.3 Å². The predicted molar refractivity (Wildman–Crippen MR) is 65.8 cm³/mol. The first-order valence-corrected chi connectivity index (χ1v) is 5.62. The van der Waals surface area contributed by atoms with Gasteiger partial charge >= 0.3 is 0 Å². The molecular weight excluding hydrogens is 200 g/mol. The van der Waals surface area contributed by atoms with Gasteiger partial charge in [0.15, 0.2) is 0 Å². The van der Waals surface area contributed by atoms with Crippen LogP contribution >= 0.6 is 0 Å². The summed E-state index contributed by atoms with van der Waals surface area (Å²) >= 11 is 0. The molecule has 2 nitrogen and oxygen atoms in total. The van der Waals surface area contributed by atoms with Crippen molar-refractivity contribution in [3.8, 4) is 5.75 Å². The van der Waals surface area contributed by atoms with Gasteiger partial charge in [0.05, 0.1) is 6.61 Å². The maximum atomic E-state index is 8.65. The molecule has 1 N–H and O–H groups in total. The minimum absolute atomic E-state index is 0.237. The first kappa shape index (κ1) is 11.0. The van der Waals surface area contributed by atoms with Crippen LogP contribution in [0.3, 0.4) is 0 Å². The van der Waals surface area contributed by atoms with E-state index in [-0.39, 0.29) is 6.61 Å². The summed E-state index contributed by atoms with van der Waals surface area (Å²) in [6.07, 6.45) is 1.69. The van der Waals surface area contributed by atoms with Crippen LogP contribution in [-0.2, 0) is 0 Å². The van der Waals surface area contributed by atoms with E-state index in [9.17, 15) is 0 Å². The Bertz CT molecular complexity index is 451. The predicted octanol–water partition coefficient (Wildman–Crippen LogP) is 2.99. The van der Waals surface area contributed by atoms with Crippen molar-refractivity contribution in [3.05, 3.63) is 42.5 Å². The van der Waals surface area contributed by atoms with Crippen LogP contribution in [0, 0.1) is 0 Å². The number of hydrogen-bond donors (Lipinski definition) is 1. The van der Waals surface area contributed by atoms with Crippen molar-refractivity contribution in [2.24, 2.45) is 0 Å². The highest BCUT2D eigenvalue weighted by atomic mass is 16.5. The van der Waals surface area contributed by atoms with Gasteiger partial charge in [0.25, 0.3) is 0 Å². The molecule has 0 aliphatic carbocycles. The number of rotatable bonds is 5. The van der Waals surface area contributed by atoms with Gasteiger partial charge in [-0.1, -0.05) is 30.3 Å². The van der Waals surface area contributed by atoms with Crippen molar-refractivity contribution in [3.63, 3.8) is 0 Å². The van der Waals surface area contributed by atoms with Crippen molar-refractivity contribution in [2.45, 2.75) is 12.8 Å². The Balaban J connectivity index is 2.02. The third-order valence-electron chi connectivity index (χ3n) is 2.54. The van der Waals surface area contributed by atoms with E-state index in [2.05, 4.69) is 18.2 Å². The van der Waals surface area contributed by atoms with Crippen molar-refractivity contribution < 1.29 is 9.84 Å². The second-order valence-corrected chi connectivity index (χ2v) is 3.79. The first-order chi connectivity index (χ1) is 7.90. The number of aliphatic hydroxyl groups is 1. The lowest BCUT2D eigenvalue weighted by Crippen LogP contribution is -1.98. The molecule has 0 heterocycles. The highest BCUT2D eigenvalue weighted by molar-refractivity contribution is 5.83. The zero-order chi connectivity index (χ0) is 11.2. The Morgan fingerprint density at radius 1 is 0.938 bits per heavy atom. The lowest BCUT2D eigenvalue weighted by atomic mass is 10.1. The molecule has 0 saturated heterocycles. The molecule has 0 aliphatic heterocycles. The van der Waals surface area contributed by atoms with E-state index in [0.717, 1.165) is 18.6 Å². The Morgan fingerprint density at radius 2 is 1.75 bits per heavy atom. The SMILES string of the molecule is OCCCCOc1ccc2ccccc2c1. The molecule has 2 rings (SSSR count). The van der Waals surface area contributed by atoms with Gasteiger partial charge in [-0.15, -0.1) is 0 Å². The Hall–Kier alpha value is -1.54. The van der Waals surface area contributed by atoms with E-state index < -0.39 is 0 Å². The highest BCUT2D eigenvalue weighted by Crippen LogP contribution is 2.20. The van der Waals surface area contributed by atoms with E-state index >= 15 is 0 Å². The van der Waals surface area contributed by atoms with E-state index in [0.29, 0.717) is 6.61 Å². The molecule has 0 unspecified atom stereocenters. The molecule has 0 spiro atoms. The second-order valence-electron chi connectivity index (χ2n) is 3.79. The van der Waals surface area contributed by atoms with Crippen molar-refractivity contribution in [2.75, 3.05) is 13.2 Å². The largest absolute Gasteiger partial charge is 0.494 e. The molecule has 0 fully saturated rings. The van der Waals surface area contributed by atoms with Crippen molar-refractivity contribution >= 4 is 10.8 Å². The normalized spacial score (nSPS) is 10.6. The lowest BCUT2D eigenvalue weighted by Gasteiger charge is -2.06. The van der Waals surface area contributed by atoms with Crippen LogP contribution in [0.15, 0.2) is 42.5 Å². The molecule has 2 aromatic rings. The summed E-state index contributed by atoms with van der Waals surface area (Å²) < 4.78 is 5.61. The van der Waals surface area contributed by atoms with E-state index in [4.69, 9.17) is 9.84 Å². The number of benzene rings is 2. The monoisotopic (exact) mass is 216 g/mol. The topological polar surface area (TPSA) is 29.5 Å². The maximum absolute atomic E-state index is 8.65. The lowest BCUT2D eigenvalue weighted by molar-refractivity contribution is 0.253. The number of fused-ring (bicyclic) bond motifs is 1. The van der Waals surface area contributed by atoms with E-state index in [1.165, 1.54) is 10.8 Å². The van der Waals surface area contributed by atoms with Gasteiger partial charge < -0.3 is 9.84 Å². The van der Waals surface area contributed by atoms with Gasteiger partial charge in [-0.05, 0) is 35.7 Å². The van der Waals surface area contributed by atoms with Gasteiger partial charge in [-0.3, -0.25) is 0 Å². The molecule has 0 aliphatic rings. The minimum atomic E-state index is 0.237. The van der Waals surface area contributed by atoms with E-state index in [1.54, 1.807) is 0 Å². The van der Waals surface area contributed by atoms with Crippen LogP contribution < -0.4 is 4.74 Å². The Kier molecular flexibility index (Phi) is 3.78. The van der Waals surface area contributed by atoms with Crippen molar-refractivity contribution in [1.29, 1.82) is 0 Å². The molecule has 0 aromatic heterocycles. The van der Waals surface area contributed by atoms with Gasteiger partial charge in [0.1, 0.15) is 5.75 Å². The maximum Gasteiger partial charge on any atom is 0.119 e. The third kappa shape index (κ3) is 2.74. The standard InChI is InChI=1S/C14H16O2/c15-9-3-4-10-16-14-8-7-12-5-1-2-6-13(12)11-14/h1-2,5-8,11,15H,3-4,9-10H2. The third-order valence-corrected chi connectivity index (χ3v) is 2.54. The second kappa shape index (κ2) is 5.52. The molecule has 0 radical (unpaired) electrons. The average Bonchev–Trinajstić information content (AvgIpc) is 2.34. The van der Waals surface area contributed by atoms with Crippen LogP contribution in [0.5, 0.6) is 5.75 Å². The van der Waals surface area contributed by atoms with Crippen LogP contribution in [0.25, 0.3) is 10.8 Å². The summed E-state index contributed by atoms with van der Waals surface area (Å²) in [6, 6.07) is 14.3. The minimum Gasteiger partial charge on any atom is -0.494 e. The summed E-state index contributed by atoms with van der Waals surface area (Å²) in [5.74, 6) is 0.900. The summed E-state index contributed by atoms with van der Waals surface area (Å²) in [4.78, 5) is 0. The fourth-order valence-corrected chi connectivity index (χ4v) is 1.66. The molecule has 16 heavy (non-hydrogen) atoms. The zero-order valence-corrected chi connectivity index (χ0v) is 9.23. The molecule has 0 amide bonds. The summed E-state index contributed by atoms with van der Waals surface area (Å²) in [6.45, 7) is 0.903. The van der Waals surface area contributed by atoms with Gasteiger partial charge in [-0.2, -0.15) is 0 Å². The molecular formula is C14H16O2. The summed E-state index contributed by atoms with van der Waals surface area (Å²) in [7, 11) is 0. The molecule has 0 atom stereocenters. The highest BCUT2D eigenvalue weighted by Gasteiger charge is 1.96. The number of ether oxygens (including phenoxy) is 1. The quantitative estimate of drug-likeness (QED) is 0.778. The van der Waals surface area contributed by atoms with Crippen LogP contribution in [0.4, 0.5) is 0 Å². The van der Waals surface area contributed by atoms with Gasteiger partial charge in [-0.25, -0.2) is 0 Å². The van der Waals surface area contributed by atoms with Crippen LogP contribution in [0.1, 0.15) is 12.8 Å². The van der Waals surface area contributed by atoms with Gasteiger partial charge in [0, 0.05) is 6.61 Å². The Labute approximate surface area is 95.5 Å². The zero-order valence-electron chi connectivity index (χ0n) is 9.23. The Morgan fingerprint density at radius 3 is 2.56 bits per heavy atom.